The Morgan fingerprint density at radius 2 is 1.63 bits per heavy atom. The molecule has 0 spiro atoms. The molecular formula is C29H34BrN3O4S. The highest BCUT2D eigenvalue weighted by atomic mass is 79.9. The first kappa shape index (κ1) is 29.4. The number of amides is 2. The van der Waals surface area contributed by atoms with Gasteiger partial charge in [-0.2, -0.15) is 0 Å². The van der Waals surface area contributed by atoms with Crippen molar-refractivity contribution in [2.24, 2.45) is 0 Å². The molecule has 0 heterocycles. The zero-order chi connectivity index (χ0) is 27.7. The number of carbonyl (C=O) groups excluding carboxylic acids is 2. The van der Waals surface area contributed by atoms with Gasteiger partial charge in [-0.3, -0.25) is 13.9 Å². The number of carbonyl (C=O) groups is 2. The predicted octanol–water partition coefficient (Wildman–Crippen LogP) is 5.29. The van der Waals surface area contributed by atoms with Crippen molar-refractivity contribution in [3.8, 4) is 0 Å². The van der Waals surface area contributed by atoms with E-state index in [1.54, 1.807) is 36.4 Å². The fourth-order valence-electron chi connectivity index (χ4n) is 4.06. The van der Waals surface area contributed by atoms with Crippen molar-refractivity contribution in [1.29, 1.82) is 0 Å². The zero-order valence-electron chi connectivity index (χ0n) is 21.9. The Labute approximate surface area is 234 Å². The number of hydrogen-bond acceptors (Lipinski definition) is 4. The molecule has 0 radical (unpaired) electrons. The van der Waals surface area contributed by atoms with Crippen molar-refractivity contribution in [3.63, 3.8) is 0 Å². The zero-order valence-corrected chi connectivity index (χ0v) is 24.3. The number of hydrogen-bond donors (Lipinski definition) is 1. The first-order chi connectivity index (χ1) is 18.2. The number of rotatable bonds is 12. The van der Waals surface area contributed by atoms with E-state index in [0.29, 0.717) is 23.1 Å². The van der Waals surface area contributed by atoms with Gasteiger partial charge in [0.25, 0.3) is 10.0 Å². The summed E-state index contributed by atoms with van der Waals surface area (Å²) in [6.07, 6.45) is 1.15. The van der Waals surface area contributed by atoms with E-state index in [0.717, 1.165) is 21.9 Å². The maximum atomic E-state index is 14.0. The molecule has 0 saturated carbocycles. The van der Waals surface area contributed by atoms with Gasteiger partial charge in [-0.25, -0.2) is 8.42 Å². The second-order valence-electron chi connectivity index (χ2n) is 9.03. The second kappa shape index (κ2) is 13.6. The molecule has 1 atom stereocenters. The van der Waals surface area contributed by atoms with Gasteiger partial charge < -0.3 is 10.2 Å². The van der Waals surface area contributed by atoms with Crippen LogP contribution in [0.2, 0.25) is 0 Å². The highest BCUT2D eigenvalue weighted by Gasteiger charge is 2.33. The van der Waals surface area contributed by atoms with E-state index in [9.17, 15) is 18.0 Å². The van der Waals surface area contributed by atoms with Crippen LogP contribution in [0.3, 0.4) is 0 Å². The van der Waals surface area contributed by atoms with Crippen LogP contribution < -0.4 is 9.62 Å². The maximum absolute atomic E-state index is 14.0. The summed E-state index contributed by atoms with van der Waals surface area (Å²) in [5.74, 6) is -0.725. The summed E-state index contributed by atoms with van der Waals surface area (Å²) < 4.78 is 29.5. The fourth-order valence-corrected chi connectivity index (χ4v) is 5.86. The van der Waals surface area contributed by atoms with Gasteiger partial charge in [0.15, 0.2) is 0 Å². The Balaban J connectivity index is 2.04. The Kier molecular flexibility index (Phi) is 10.5. The van der Waals surface area contributed by atoms with E-state index < -0.39 is 28.5 Å². The molecule has 1 N–H and O–H groups in total. The molecule has 0 fully saturated rings. The summed E-state index contributed by atoms with van der Waals surface area (Å²) in [5.41, 5.74) is 2.11. The lowest BCUT2D eigenvalue weighted by molar-refractivity contribution is -0.140. The molecule has 0 aliphatic carbocycles. The molecule has 0 aromatic heterocycles. The Hall–Kier alpha value is -3.17. The van der Waals surface area contributed by atoms with E-state index >= 15 is 0 Å². The van der Waals surface area contributed by atoms with Crippen LogP contribution in [0.25, 0.3) is 0 Å². The standard InChI is InChI=1S/C29H34BrN3O4S/c1-4-18-31-29(35)27(5-2)32(20-23-10-7-6-8-11-23)28(34)21-33(25-13-9-12-24(30)19-25)38(36,37)26-16-14-22(3)15-17-26/h6-17,19,27H,4-5,18,20-21H2,1-3H3,(H,31,35)/t27-/m0/s1. The van der Waals surface area contributed by atoms with Gasteiger partial charge in [-0.05, 0) is 55.7 Å². The molecule has 0 bridgehead atoms. The average Bonchev–Trinajstić information content (AvgIpc) is 2.91. The van der Waals surface area contributed by atoms with Gasteiger partial charge >= 0.3 is 0 Å². The minimum absolute atomic E-state index is 0.0817. The SMILES string of the molecule is CCCNC(=O)[C@H](CC)N(Cc1ccccc1)C(=O)CN(c1cccc(Br)c1)S(=O)(=O)c1ccc(C)cc1. The minimum atomic E-state index is -4.09. The number of aryl methyl sites for hydroxylation is 1. The van der Waals surface area contributed by atoms with Crippen LogP contribution in [0.4, 0.5) is 5.69 Å². The molecule has 0 unspecified atom stereocenters. The van der Waals surface area contributed by atoms with Crippen LogP contribution >= 0.6 is 15.9 Å². The number of halogens is 1. The number of anilines is 1. The minimum Gasteiger partial charge on any atom is -0.354 e. The first-order valence-corrected chi connectivity index (χ1v) is 14.9. The van der Waals surface area contributed by atoms with E-state index in [2.05, 4.69) is 21.2 Å². The highest BCUT2D eigenvalue weighted by Crippen LogP contribution is 2.27. The number of nitrogens with zero attached hydrogens (tertiary/aromatic N) is 2. The summed E-state index contributed by atoms with van der Waals surface area (Å²) >= 11 is 3.41. The van der Waals surface area contributed by atoms with E-state index in [1.807, 2.05) is 51.1 Å². The third kappa shape index (κ3) is 7.45. The van der Waals surface area contributed by atoms with Crippen molar-refractivity contribution in [3.05, 3.63) is 94.5 Å². The molecular weight excluding hydrogens is 566 g/mol. The third-order valence-electron chi connectivity index (χ3n) is 6.11. The fraction of sp³-hybridized carbons (Fsp3) is 0.310. The molecule has 0 saturated heterocycles. The van der Waals surface area contributed by atoms with Gasteiger partial charge in [-0.15, -0.1) is 0 Å². The van der Waals surface area contributed by atoms with Crippen LogP contribution in [0.1, 0.15) is 37.8 Å². The second-order valence-corrected chi connectivity index (χ2v) is 11.8. The maximum Gasteiger partial charge on any atom is 0.264 e. The summed E-state index contributed by atoms with van der Waals surface area (Å²) in [6.45, 7) is 5.89. The average molecular weight is 601 g/mol. The smallest absolute Gasteiger partial charge is 0.264 e. The number of nitrogens with one attached hydrogen (secondary N) is 1. The van der Waals surface area contributed by atoms with Crippen LogP contribution in [0.15, 0.2) is 88.2 Å². The summed E-state index contributed by atoms with van der Waals surface area (Å²) in [7, 11) is -4.09. The molecule has 7 nitrogen and oxygen atoms in total. The molecule has 38 heavy (non-hydrogen) atoms. The first-order valence-electron chi connectivity index (χ1n) is 12.6. The molecule has 202 valence electrons. The van der Waals surface area contributed by atoms with Gasteiger partial charge in [0, 0.05) is 17.6 Å². The lowest BCUT2D eigenvalue weighted by Gasteiger charge is -2.33. The Bertz CT molecular complexity index is 1330. The highest BCUT2D eigenvalue weighted by molar-refractivity contribution is 9.10. The predicted molar refractivity (Wildman–Crippen MR) is 154 cm³/mol. The largest absolute Gasteiger partial charge is 0.354 e. The quantitative estimate of drug-likeness (QED) is 0.306. The summed E-state index contributed by atoms with van der Waals surface area (Å²) in [6, 6.07) is 22.0. The van der Waals surface area contributed by atoms with Crippen LogP contribution in [0.5, 0.6) is 0 Å². The topological polar surface area (TPSA) is 86.8 Å². The Morgan fingerprint density at radius 3 is 2.24 bits per heavy atom. The number of benzene rings is 3. The molecule has 3 rings (SSSR count). The Morgan fingerprint density at radius 1 is 0.947 bits per heavy atom. The lowest BCUT2D eigenvalue weighted by atomic mass is 10.1. The number of sulfonamides is 1. The van der Waals surface area contributed by atoms with Crippen LogP contribution in [-0.4, -0.2) is 44.3 Å². The molecule has 0 aliphatic heterocycles. The van der Waals surface area contributed by atoms with E-state index in [4.69, 9.17) is 0 Å². The van der Waals surface area contributed by atoms with E-state index in [1.165, 1.54) is 17.0 Å². The normalized spacial score (nSPS) is 12.0. The molecule has 2 amide bonds. The molecule has 0 aliphatic rings. The summed E-state index contributed by atoms with van der Waals surface area (Å²) in [4.78, 5) is 28.6. The summed E-state index contributed by atoms with van der Waals surface area (Å²) in [5, 5.41) is 2.89. The van der Waals surface area contributed by atoms with Gasteiger partial charge in [0.2, 0.25) is 11.8 Å². The van der Waals surface area contributed by atoms with Gasteiger partial charge in [0.1, 0.15) is 12.6 Å². The van der Waals surface area contributed by atoms with Gasteiger partial charge in [-0.1, -0.05) is 83.9 Å². The van der Waals surface area contributed by atoms with Crippen LogP contribution in [0, 0.1) is 6.92 Å². The molecule has 9 heteroatoms. The van der Waals surface area contributed by atoms with Crippen molar-refractivity contribution in [1.82, 2.24) is 10.2 Å². The van der Waals surface area contributed by atoms with Crippen molar-refractivity contribution in [2.45, 2.75) is 51.1 Å². The third-order valence-corrected chi connectivity index (χ3v) is 8.40. The van der Waals surface area contributed by atoms with E-state index in [-0.39, 0.29) is 17.3 Å². The van der Waals surface area contributed by atoms with Crippen LogP contribution in [-0.2, 0) is 26.2 Å². The van der Waals surface area contributed by atoms with Crippen molar-refractivity contribution in [2.75, 3.05) is 17.4 Å². The molecule has 3 aromatic rings. The van der Waals surface area contributed by atoms with Crippen molar-refractivity contribution < 1.29 is 18.0 Å². The lowest BCUT2D eigenvalue weighted by Crippen LogP contribution is -2.52. The van der Waals surface area contributed by atoms with Crippen molar-refractivity contribution >= 4 is 43.5 Å². The monoisotopic (exact) mass is 599 g/mol. The van der Waals surface area contributed by atoms with Gasteiger partial charge in [0.05, 0.1) is 10.6 Å². The molecule has 3 aromatic carbocycles.